The number of nitrogens with one attached hydrogen (secondary N) is 2. The van der Waals surface area contributed by atoms with Crippen LogP contribution in [0.3, 0.4) is 0 Å². The van der Waals surface area contributed by atoms with E-state index in [0.717, 1.165) is 55.8 Å². The Labute approximate surface area is 196 Å². The summed E-state index contributed by atoms with van der Waals surface area (Å²) in [6.07, 6.45) is 4.77. The van der Waals surface area contributed by atoms with E-state index in [2.05, 4.69) is 56.6 Å². The van der Waals surface area contributed by atoms with Gasteiger partial charge in [0.2, 0.25) is 0 Å². The number of nitrogens with zero attached hydrogens (tertiary/aromatic N) is 3. The number of aromatic nitrogens is 2. The Morgan fingerprint density at radius 3 is 2.61 bits per heavy atom. The van der Waals surface area contributed by atoms with Crippen molar-refractivity contribution < 1.29 is 9.47 Å². The van der Waals surface area contributed by atoms with Gasteiger partial charge in [-0.1, -0.05) is 36.4 Å². The first-order valence-electron chi connectivity index (χ1n) is 11.5. The second-order valence-electron chi connectivity index (χ2n) is 7.77. The van der Waals surface area contributed by atoms with E-state index in [1.807, 2.05) is 38.4 Å². The zero-order valence-corrected chi connectivity index (χ0v) is 19.9. The van der Waals surface area contributed by atoms with Crippen LogP contribution in [0.1, 0.15) is 35.9 Å². The summed E-state index contributed by atoms with van der Waals surface area (Å²) >= 11 is 0. The Balaban J connectivity index is 1.62. The number of aryl methyl sites for hydroxylation is 1. The minimum absolute atomic E-state index is 0.597. The van der Waals surface area contributed by atoms with E-state index >= 15 is 0 Å². The van der Waals surface area contributed by atoms with Crippen molar-refractivity contribution in [3.05, 3.63) is 83.4 Å². The second kappa shape index (κ2) is 13.3. The fourth-order valence-electron chi connectivity index (χ4n) is 3.39. The van der Waals surface area contributed by atoms with Crippen LogP contribution in [0, 0.1) is 6.92 Å². The first kappa shape index (κ1) is 24.3. The lowest BCUT2D eigenvalue weighted by Crippen LogP contribution is -2.37. The highest BCUT2D eigenvalue weighted by Gasteiger charge is 2.03. The molecule has 7 nitrogen and oxygen atoms in total. The lowest BCUT2D eigenvalue weighted by atomic mass is 10.1. The van der Waals surface area contributed by atoms with Crippen LogP contribution in [-0.4, -0.2) is 42.4 Å². The smallest absolute Gasteiger partial charge is 0.191 e. The molecule has 0 aliphatic rings. The number of methoxy groups -OCH3 is 1. The average molecular weight is 450 g/mol. The van der Waals surface area contributed by atoms with E-state index in [9.17, 15) is 0 Å². The summed E-state index contributed by atoms with van der Waals surface area (Å²) in [5.74, 6) is 2.66. The maximum atomic E-state index is 5.44. The number of hydrogen-bond acceptors (Lipinski definition) is 4. The number of imidazole rings is 1. The maximum absolute atomic E-state index is 5.44. The molecule has 0 aliphatic carbocycles. The van der Waals surface area contributed by atoms with Crippen molar-refractivity contribution in [3.8, 4) is 5.75 Å². The van der Waals surface area contributed by atoms with Crippen LogP contribution >= 0.6 is 0 Å². The summed E-state index contributed by atoms with van der Waals surface area (Å²) in [6.45, 7) is 8.40. The molecule has 0 aliphatic heterocycles. The van der Waals surface area contributed by atoms with E-state index in [-0.39, 0.29) is 0 Å². The van der Waals surface area contributed by atoms with Gasteiger partial charge < -0.3 is 24.7 Å². The van der Waals surface area contributed by atoms with Crippen molar-refractivity contribution in [2.24, 2.45) is 4.99 Å². The summed E-state index contributed by atoms with van der Waals surface area (Å²) in [7, 11) is 1.68. The van der Waals surface area contributed by atoms with E-state index in [1.54, 1.807) is 7.11 Å². The molecular weight excluding hydrogens is 414 g/mol. The molecule has 0 radical (unpaired) electrons. The van der Waals surface area contributed by atoms with Crippen LogP contribution in [0.15, 0.2) is 65.9 Å². The molecule has 0 atom stereocenters. The average Bonchev–Trinajstić information content (AvgIpc) is 3.24. The molecule has 0 unspecified atom stereocenters. The SMILES string of the molecule is CCOCCCNC(=NCc1cccc(Cn2ccnc2C)c1)NCc1ccc(OC)cc1. The monoisotopic (exact) mass is 449 g/mol. The number of ether oxygens (including phenoxy) is 2. The van der Waals surface area contributed by atoms with E-state index in [1.165, 1.54) is 11.1 Å². The number of rotatable bonds is 12. The van der Waals surface area contributed by atoms with Crippen LogP contribution in [0.25, 0.3) is 0 Å². The molecule has 0 saturated heterocycles. The molecule has 3 aromatic rings. The maximum Gasteiger partial charge on any atom is 0.191 e. The van der Waals surface area contributed by atoms with Gasteiger partial charge in [0.05, 0.1) is 13.7 Å². The third-order valence-electron chi connectivity index (χ3n) is 5.27. The Bertz CT molecular complexity index is 998. The molecule has 0 bridgehead atoms. The lowest BCUT2D eigenvalue weighted by molar-refractivity contribution is 0.145. The Kier molecular flexibility index (Phi) is 9.79. The van der Waals surface area contributed by atoms with Crippen LogP contribution in [0.2, 0.25) is 0 Å². The van der Waals surface area contributed by atoms with Crippen LogP contribution in [-0.2, 0) is 24.4 Å². The van der Waals surface area contributed by atoms with Gasteiger partial charge in [0, 0.05) is 45.2 Å². The van der Waals surface area contributed by atoms with Gasteiger partial charge in [-0.15, -0.1) is 0 Å². The first-order chi connectivity index (χ1) is 16.2. The second-order valence-corrected chi connectivity index (χ2v) is 7.77. The molecule has 1 aromatic heterocycles. The molecule has 0 amide bonds. The van der Waals surface area contributed by atoms with Gasteiger partial charge in [-0.3, -0.25) is 0 Å². The van der Waals surface area contributed by atoms with Crippen LogP contribution < -0.4 is 15.4 Å². The fraction of sp³-hybridized carbons (Fsp3) is 0.385. The topological polar surface area (TPSA) is 72.7 Å². The van der Waals surface area contributed by atoms with Crippen LogP contribution in [0.5, 0.6) is 5.75 Å². The molecule has 176 valence electrons. The highest BCUT2D eigenvalue weighted by atomic mass is 16.5. The summed E-state index contributed by atoms with van der Waals surface area (Å²) in [5, 5.41) is 6.86. The van der Waals surface area contributed by atoms with Crippen molar-refractivity contribution >= 4 is 5.96 Å². The van der Waals surface area contributed by atoms with Gasteiger partial charge in [-0.05, 0) is 49.1 Å². The fourth-order valence-corrected chi connectivity index (χ4v) is 3.39. The zero-order chi connectivity index (χ0) is 23.3. The Morgan fingerprint density at radius 1 is 1.06 bits per heavy atom. The van der Waals surface area contributed by atoms with Gasteiger partial charge in [-0.25, -0.2) is 9.98 Å². The molecule has 2 aromatic carbocycles. The number of guanidine groups is 1. The minimum Gasteiger partial charge on any atom is -0.497 e. The minimum atomic E-state index is 0.597. The van der Waals surface area contributed by atoms with Crippen LogP contribution in [0.4, 0.5) is 0 Å². The summed E-state index contributed by atoms with van der Waals surface area (Å²) < 4.78 is 12.8. The van der Waals surface area contributed by atoms with Crippen molar-refractivity contribution in [1.29, 1.82) is 0 Å². The molecule has 33 heavy (non-hydrogen) atoms. The number of hydrogen-bond donors (Lipinski definition) is 2. The van der Waals surface area contributed by atoms with Gasteiger partial charge in [0.15, 0.2) is 5.96 Å². The Hall–Kier alpha value is -3.32. The Morgan fingerprint density at radius 2 is 1.88 bits per heavy atom. The van der Waals surface area contributed by atoms with Gasteiger partial charge in [0.25, 0.3) is 0 Å². The first-order valence-corrected chi connectivity index (χ1v) is 11.5. The largest absolute Gasteiger partial charge is 0.497 e. The molecule has 7 heteroatoms. The lowest BCUT2D eigenvalue weighted by Gasteiger charge is -2.13. The van der Waals surface area contributed by atoms with E-state index < -0.39 is 0 Å². The molecule has 0 fully saturated rings. The molecule has 0 spiro atoms. The van der Waals surface area contributed by atoms with Crippen molar-refractivity contribution in [2.75, 3.05) is 26.9 Å². The van der Waals surface area contributed by atoms with Crippen molar-refractivity contribution in [1.82, 2.24) is 20.2 Å². The summed E-state index contributed by atoms with van der Waals surface area (Å²) in [4.78, 5) is 9.13. The standard InChI is InChI=1S/C26H35N5O2/c1-4-33-16-6-13-28-26(29-18-22-9-11-25(32-3)12-10-22)30-19-23-7-5-8-24(17-23)20-31-15-14-27-21(31)2/h5,7-12,14-15,17H,4,6,13,16,18-20H2,1-3H3,(H2,28,29,30). The third kappa shape index (κ3) is 8.27. The molecule has 3 rings (SSSR count). The zero-order valence-electron chi connectivity index (χ0n) is 19.9. The molecular formula is C26H35N5O2. The van der Waals surface area contributed by atoms with E-state index in [4.69, 9.17) is 14.5 Å². The van der Waals surface area contributed by atoms with Gasteiger partial charge in [0.1, 0.15) is 11.6 Å². The number of benzene rings is 2. The van der Waals surface area contributed by atoms with Gasteiger partial charge in [-0.2, -0.15) is 0 Å². The predicted molar refractivity (Wildman–Crippen MR) is 133 cm³/mol. The molecule has 0 saturated carbocycles. The molecule has 1 heterocycles. The third-order valence-corrected chi connectivity index (χ3v) is 5.27. The van der Waals surface area contributed by atoms with Crippen molar-refractivity contribution in [3.63, 3.8) is 0 Å². The highest BCUT2D eigenvalue weighted by molar-refractivity contribution is 5.79. The summed E-state index contributed by atoms with van der Waals surface area (Å²) in [6, 6.07) is 16.6. The molecule has 2 N–H and O–H groups in total. The normalized spacial score (nSPS) is 11.4. The summed E-state index contributed by atoms with van der Waals surface area (Å²) in [5.41, 5.74) is 3.57. The van der Waals surface area contributed by atoms with Gasteiger partial charge >= 0.3 is 0 Å². The van der Waals surface area contributed by atoms with Crippen molar-refractivity contribution in [2.45, 2.75) is 39.9 Å². The van der Waals surface area contributed by atoms with E-state index in [0.29, 0.717) is 13.1 Å². The number of aliphatic imine (C=N–C) groups is 1. The highest BCUT2D eigenvalue weighted by Crippen LogP contribution is 2.12. The quantitative estimate of drug-likeness (QED) is 0.249. The predicted octanol–water partition coefficient (Wildman–Crippen LogP) is 3.91.